The normalized spacial score (nSPS) is 13.9. The molecule has 2 rings (SSSR count). The molecule has 0 saturated carbocycles. The number of halogens is 1. The molecule has 0 radical (unpaired) electrons. The smallest absolute Gasteiger partial charge is 0.122 e. The van der Waals surface area contributed by atoms with E-state index in [1.54, 1.807) is 0 Å². The van der Waals surface area contributed by atoms with Crippen molar-refractivity contribution in [3.8, 4) is 5.75 Å². The molecule has 0 spiro atoms. The van der Waals surface area contributed by atoms with Crippen LogP contribution < -0.4 is 10.5 Å². The van der Waals surface area contributed by atoms with Crippen molar-refractivity contribution in [2.75, 3.05) is 13.2 Å². The quantitative estimate of drug-likeness (QED) is 0.900. The third-order valence-electron chi connectivity index (χ3n) is 2.57. The molecule has 1 aromatic rings. The highest BCUT2D eigenvalue weighted by Crippen LogP contribution is 2.33. The van der Waals surface area contributed by atoms with Gasteiger partial charge in [-0.1, -0.05) is 15.9 Å². The highest BCUT2D eigenvalue weighted by atomic mass is 79.9. The summed E-state index contributed by atoms with van der Waals surface area (Å²) in [5, 5.41) is 0. The zero-order chi connectivity index (χ0) is 9.97. The molecule has 2 nitrogen and oxygen atoms in total. The Morgan fingerprint density at radius 3 is 3.07 bits per heavy atom. The van der Waals surface area contributed by atoms with Gasteiger partial charge in [0.1, 0.15) is 5.75 Å². The lowest BCUT2D eigenvalue weighted by atomic mass is 10.0. The number of hydrogen-bond donors (Lipinski definition) is 1. The van der Waals surface area contributed by atoms with Crippen LogP contribution in [-0.2, 0) is 12.8 Å². The zero-order valence-corrected chi connectivity index (χ0v) is 9.64. The summed E-state index contributed by atoms with van der Waals surface area (Å²) in [5.41, 5.74) is 8.27. The van der Waals surface area contributed by atoms with Crippen LogP contribution in [0, 0.1) is 0 Å². The van der Waals surface area contributed by atoms with Crippen LogP contribution >= 0.6 is 15.9 Å². The largest absolute Gasteiger partial charge is 0.493 e. The maximum Gasteiger partial charge on any atom is 0.122 e. The van der Waals surface area contributed by atoms with Crippen molar-refractivity contribution in [1.29, 1.82) is 0 Å². The van der Waals surface area contributed by atoms with Gasteiger partial charge in [0.2, 0.25) is 0 Å². The van der Waals surface area contributed by atoms with Gasteiger partial charge < -0.3 is 10.5 Å². The molecule has 1 aliphatic heterocycles. The minimum Gasteiger partial charge on any atom is -0.493 e. The van der Waals surface area contributed by atoms with E-state index >= 15 is 0 Å². The second-order valence-corrected chi connectivity index (χ2v) is 4.35. The summed E-state index contributed by atoms with van der Waals surface area (Å²) in [7, 11) is 0. The average molecular weight is 256 g/mol. The summed E-state index contributed by atoms with van der Waals surface area (Å²) < 4.78 is 6.71. The number of fused-ring (bicyclic) bond motifs is 1. The summed E-state index contributed by atoms with van der Waals surface area (Å²) in [6, 6.07) is 4.11. The summed E-state index contributed by atoms with van der Waals surface area (Å²) >= 11 is 3.58. The number of nitrogens with two attached hydrogens (primary N) is 1. The Labute approximate surface area is 92.6 Å². The number of ether oxygens (including phenoxy) is 1. The summed E-state index contributed by atoms with van der Waals surface area (Å²) in [6.07, 6.45) is 3.12. The van der Waals surface area contributed by atoms with Crippen molar-refractivity contribution < 1.29 is 4.74 Å². The van der Waals surface area contributed by atoms with Crippen LogP contribution in [0.4, 0.5) is 0 Å². The zero-order valence-electron chi connectivity index (χ0n) is 8.05. The van der Waals surface area contributed by atoms with E-state index in [0.717, 1.165) is 38.2 Å². The van der Waals surface area contributed by atoms with Crippen molar-refractivity contribution in [3.63, 3.8) is 0 Å². The first-order valence-electron chi connectivity index (χ1n) is 4.96. The Bertz CT molecular complexity index is 338. The lowest BCUT2D eigenvalue weighted by Crippen LogP contribution is -2.02. The fraction of sp³-hybridized carbons (Fsp3) is 0.455. The topological polar surface area (TPSA) is 35.2 Å². The third kappa shape index (κ3) is 1.79. The minimum absolute atomic E-state index is 0.747. The first kappa shape index (κ1) is 9.99. The van der Waals surface area contributed by atoms with E-state index in [0.29, 0.717) is 0 Å². The molecule has 1 aromatic carbocycles. The maximum absolute atomic E-state index is 5.53. The van der Waals surface area contributed by atoms with Gasteiger partial charge in [-0.25, -0.2) is 0 Å². The highest BCUT2D eigenvalue weighted by molar-refractivity contribution is 9.10. The van der Waals surface area contributed by atoms with Gasteiger partial charge in [-0.05, 0) is 37.1 Å². The van der Waals surface area contributed by atoms with E-state index in [9.17, 15) is 0 Å². The fourth-order valence-electron chi connectivity index (χ4n) is 1.86. The lowest BCUT2D eigenvalue weighted by Gasteiger charge is -2.08. The Morgan fingerprint density at radius 1 is 1.43 bits per heavy atom. The van der Waals surface area contributed by atoms with Crippen LogP contribution in [0.1, 0.15) is 17.5 Å². The van der Waals surface area contributed by atoms with E-state index in [-0.39, 0.29) is 0 Å². The third-order valence-corrected chi connectivity index (χ3v) is 3.31. The molecule has 0 bridgehead atoms. The first-order chi connectivity index (χ1) is 6.83. The Morgan fingerprint density at radius 2 is 2.29 bits per heavy atom. The van der Waals surface area contributed by atoms with E-state index in [1.165, 1.54) is 15.6 Å². The van der Waals surface area contributed by atoms with Gasteiger partial charge in [-0.2, -0.15) is 0 Å². The van der Waals surface area contributed by atoms with Gasteiger partial charge in [0.05, 0.1) is 6.61 Å². The molecule has 14 heavy (non-hydrogen) atoms. The van der Waals surface area contributed by atoms with Gasteiger partial charge in [-0.3, -0.25) is 0 Å². The lowest BCUT2D eigenvalue weighted by molar-refractivity contribution is 0.357. The Hall–Kier alpha value is -0.540. The van der Waals surface area contributed by atoms with Crippen molar-refractivity contribution >= 4 is 15.9 Å². The standard InChI is InChI=1S/C11H14BrNO/c12-10-3-4-11-9(5-7-14-11)8(10)2-1-6-13/h3-4H,1-2,5-7,13H2. The number of benzene rings is 1. The molecule has 0 saturated heterocycles. The van der Waals surface area contributed by atoms with Crippen LogP contribution in [0.3, 0.4) is 0 Å². The van der Waals surface area contributed by atoms with Gasteiger partial charge >= 0.3 is 0 Å². The van der Waals surface area contributed by atoms with Crippen molar-refractivity contribution in [2.24, 2.45) is 5.73 Å². The predicted molar refractivity (Wildman–Crippen MR) is 60.7 cm³/mol. The minimum atomic E-state index is 0.747. The molecule has 0 aromatic heterocycles. The van der Waals surface area contributed by atoms with Crippen LogP contribution in [0.15, 0.2) is 16.6 Å². The average Bonchev–Trinajstić information content (AvgIpc) is 2.64. The molecular weight excluding hydrogens is 242 g/mol. The van der Waals surface area contributed by atoms with Gasteiger partial charge in [0.25, 0.3) is 0 Å². The summed E-state index contributed by atoms with van der Waals surface area (Å²) in [5.74, 6) is 1.06. The van der Waals surface area contributed by atoms with Crippen LogP contribution in [0.5, 0.6) is 5.75 Å². The molecule has 0 atom stereocenters. The summed E-state index contributed by atoms with van der Waals surface area (Å²) in [6.45, 7) is 1.57. The molecule has 3 heteroatoms. The van der Waals surface area contributed by atoms with Crippen LogP contribution in [-0.4, -0.2) is 13.2 Å². The molecule has 0 unspecified atom stereocenters. The Balaban J connectivity index is 2.31. The summed E-state index contributed by atoms with van der Waals surface area (Å²) in [4.78, 5) is 0. The molecule has 1 aliphatic rings. The van der Waals surface area contributed by atoms with E-state index in [1.807, 2.05) is 6.07 Å². The molecule has 1 heterocycles. The van der Waals surface area contributed by atoms with Gasteiger partial charge in [-0.15, -0.1) is 0 Å². The van der Waals surface area contributed by atoms with E-state index in [2.05, 4.69) is 22.0 Å². The SMILES string of the molecule is NCCCc1c(Br)ccc2c1CCO2. The van der Waals surface area contributed by atoms with Crippen molar-refractivity contribution in [2.45, 2.75) is 19.3 Å². The van der Waals surface area contributed by atoms with E-state index in [4.69, 9.17) is 10.5 Å². The van der Waals surface area contributed by atoms with Gasteiger partial charge in [0, 0.05) is 16.5 Å². The monoisotopic (exact) mass is 255 g/mol. The number of rotatable bonds is 3. The maximum atomic E-state index is 5.53. The molecule has 0 aliphatic carbocycles. The fourth-order valence-corrected chi connectivity index (χ4v) is 2.43. The molecule has 0 amide bonds. The molecule has 0 fully saturated rings. The van der Waals surface area contributed by atoms with E-state index < -0.39 is 0 Å². The van der Waals surface area contributed by atoms with Crippen molar-refractivity contribution in [1.82, 2.24) is 0 Å². The van der Waals surface area contributed by atoms with Crippen molar-refractivity contribution in [3.05, 3.63) is 27.7 Å². The second-order valence-electron chi connectivity index (χ2n) is 3.49. The van der Waals surface area contributed by atoms with Gasteiger partial charge in [0.15, 0.2) is 0 Å². The van der Waals surface area contributed by atoms with Crippen LogP contribution in [0.2, 0.25) is 0 Å². The first-order valence-corrected chi connectivity index (χ1v) is 5.75. The molecular formula is C11H14BrNO. The predicted octanol–water partition coefficient (Wildman–Crippen LogP) is 2.28. The molecule has 76 valence electrons. The number of hydrogen-bond acceptors (Lipinski definition) is 2. The molecule has 2 N–H and O–H groups in total. The van der Waals surface area contributed by atoms with Crippen LogP contribution in [0.25, 0.3) is 0 Å². The highest BCUT2D eigenvalue weighted by Gasteiger charge is 2.17. The Kier molecular flexibility index (Phi) is 3.08. The second kappa shape index (κ2) is 4.32.